The zero-order valence-corrected chi connectivity index (χ0v) is 29.8. The molecule has 0 aromatic rings. The minimum Gasteiger partial charge on any atom is -0.434 e. The first-order valence-electron chi connectivity index (χ1n) is 19.6. The smallest absolute Gasteiger partial charge is 0.434 e. The minimum absolute atomic E-state index is 0.485. The van der Waals surface area contributed by atoms with E-state index in [4.69, 9.17) is 9.47 Å². The molecule has 0 heterocycles. The van der Waals surface area contributed by atoms with Gasteiger partial charge >= 0.3 is 6.16 Å². The van der Waals surface area contributed by atoms with Gasteiger partial charge < -0.3 is 9.47 Å². The third kappa shape index (κ3) is 38.5. The molecule has 3 heteroatoms. The number of hydrogen-bond acceptors (Lipinski definition) is 3. The molecule has 0 aliphatic carbocycles. The highest BCUT2D eigenvalue weighted by atomic mass is 16.7. The Bertz CT molecular complexity index is 636. The topological polar surface area (TPSA) is 35.5 Å². The molecule has 0 aromatic heterocycles. The summed E-state index contributed by atoms with van der Waals surface area (Å²) >= 11 is 0. The van der Waals surface area contributed by atoms with E-state index in [1.165, 1.54) is 161 Å². The summed E-state index contributed by atoms with van der Waals surface area (Å²) in [5.74, 6) is 0. The lowest BCUT2D eigenvalue weighted by atomic mass is 10.1. The summed E-state index contributed by atoms with van der Waals surface area (Å²) in [7, 11) is 0. The predicted octanol–water partition coefficient (Wildman–Crippen LogP) is 14.6. The number of rotatable bonds is 35. The molecular formula is C41H76O3. The van der Waals surface area contributed by atoms with Crippen molar-refractivity contribution in [2.75, 3.05) is 13.2 Å². The first-order valence-corrected chi connectivity index (χ1v) is 19.6. The van der Waals surface area contributed by atoms with Crippen LogP contribution in [0.4, 0.5) is 4.79 Å². The molecule has 0 N–H and O–H groups in total. The Morgan fingerprint density at radius 3 is 1.02 bits per heavy atom. The number of carbonyl (C=O) groups is 1. The summed E-state index contributed by atoms with van der Waals surface area (Å²) in [5.41, 5.74) is 0. The van der Waals surface area contributed by atoms with Gasteiger partial charge in [0.25, 0.3) is 0 Å². The van der Waals surface area contributed by atoms with Gasteiger partial charge in [-0.2, -0.15) is 0 Å². The lowest BCUT2D eigenvalue weighted by Crippen LogP contribution is -2.09. The lowest BCUT2D eigenvalue weighted by Gasteiger charge is -2.06. The highest BCUT2D eigenvalue weighted by molar-refractivity contribution is 5.59. The van der Waals surface area contributed by atoms with Crippen LogP contribution in [-0.4, -0.2) is 19.4 Å². The Hall–Kier alpha value is -1.51. The molecule has 0 aromatic carbocycles. The van der Waals surface area contributed by atoms with Crippen LogP contribution in [0.3, 0.4) is 0 Å². The van der Waals surface area contributed by atoms with Crippen LogP contribution < -0.4 is 0 Å². The second kappa shape index (κ2) is 39.5. The van der Waals surface area contributed by atoms with Gasteiger partial charge in [-0.3, -0.25) is 0 Å². The van der Waals surface area contributed by atoms with Gasteiger partial charge in [0, 0.05) is 0 Å². The van der Waals surface area contributed by atoms with Gasteiger partial charge in [-0.1, -0.05) is 172 Å². The second-order valence-electron chi connectivity index (χ2n) is 12.9. The monoisotopic (exact) mass is 617 g/mol. The molecular weight excluding hydrogens is 540 g/mol. The standard InChI is InChI=1S/C41H76O3/c1-3-5-7-9-11-13-15-17-19-21-22-23-24-26-28-30-32-34-36-38-40-44-41(42)43-39-37-35-33-31-29-27-25-20-18-16-14-12-10-8-6-4-2/h12,14,17-20H,3-11,13,15-16,21-40H2,1-2H3. The SMILES string of the molecule is CCCCCC=CCC=CCCCCCCCCOC(=O)OCCCCCCCCCCCCC=CCCCCCCCC. The number of hydrogen-bond donors (Lipinski definition) is 0. The molecule has 3 nitrogen and oxygen atoms in total. The van der Waals surface area contributed by atoms with E-state index in [1.54, 1.807) is 0 Å². The van der Waals surface area contributed by atoms with Crippen LogP contribution in [-0.2, 0) is 9.47 Å². The molecule has 0 fully saturated rings. The normalized spacial score (nSPS) is 11.9. The number of unbranched alkanes of at least 4 members (excludes halogenated alkanes) is 25. The van der Waals surface area contributed by atoms with Crippen molar-refractivity contribution in [1.29, 1.82) is 0 Å². The van der Waals surface area contributed by atoms with Crippen LogP contribution in [0.15, 0.2) is 36.5 Å². The molecule has 0 aliphatic heterocycles. The molecule has 0 bridgehead atoms. The first kappa shape index (κ1) is 42.5. The maximum absolute atomic E-state index is 11.7. The third-order valence-electron chi connectivity index (χ3n) is 8.44. The fourth-order valence-corrected chi connectivity index (χ4v) is 5.50. The predicted molar refractivity (Wildman–Crippen MR) is 195 cm³/mol. The number of carbonyl (C=O) groups excluding carboxylic acids is 1. The van der Waals surface area contributed by atoms with Crippen LogP contribution in [0.1, 0.15) is 206 Å². The number of ether oxygens (including phenoxy) is 2. The Labute approximate surface area is 276 Å². The van der Waals surface area contributed by atoms with Crippen molar-refractivity contribution >= 4 is 6.16 Å². The highest BCUT2D eigenvalue weighted by Crippen LogP contribution is 2.13. The molecule has 258 valence electrons. The zero-order chi connectivity index (χ0) is 31.9. The third-order valence-corrected chi connectivity index (χ3v) is 8.44. The molecule has 0 aliphatic rings. The molecule has 0 atom stereocenters. The van der Waals surface area contributed by atoms with Crippen LogP contribution in [0.2, 0.25) is 0 Å². The Morgan fingerprint density at radius 1 is 0.364 bits per heavy atom. The van der Waals surface area contributed by atoms with Crippen LogP contribution >= 0.6 is 0 Å². The summed E-state index contributed by atoms with van der Waals surface area (Å²) in [4.78, 5) is 11.7. The first-order chi connectivity index (χ1) is 21.8. The summed E-state index contributed by atoms with van der Waals surface area (Å²) < 4.78 is 10.5. The van der Waals surface area contributed by atoms with Gasteiger partial charge in [0.05, 0.1) is 13.2 Å². The average Bonchev–Trinajstić information content (AvgIpc) is 3.03. The Kier molecular flexibility index (Phi) is 38.2. The molecule has 0 amide bonds. The van der Waals surface area contributed by atoms with Gasteiger partial charge in [-0.25, -0.2) is 4.79 Å². The number of allylic oxidation sites excluding steroid dienone is 6. The summed E-state index contributed by atoms with van der Waals surface area (Å²) in [6.45, 7) is 5.52. The summed E-state index contributed by atoms with van der Waals surface area (Å²) in [6, 6.07) is 0. The second-order valence-corrected chi connectivity index (χ2v) is 12.9. The van der Waals surface area contributed by atoms with Crippen LogP contribution in [0.25, 0.3) is 0 Å². The Morgan fingerprint density at radius 2 is 0.636 bits per heavy atom. The van der Waals surface area contributed by atoms with Gasteiger partial charge in [-0.15, -0.1) is 0 Å². The average molecular weight is 617 g/mol. The molecule has 0 radical (unpaired) electrons. The summed E-state index contributed by atoms with van der Waals surface area (Å²) in [5, 5.41) is 0. The van der Waals surface area contributed by atoms with Crippen molar-refractivity contribution in [2.45, 2.75) is 206 Å². The maximum atomic E-state index is 11.7. The van der Waals surface area contributed by atoms with E-state index in [1.807, 2.05) is 0 Å². The van der Waals surface area contributed by atoms with Crippen LogP contribution in [0, 0.1) is 0 Å². The lowest BCUT2D eigenvalue weighted by molar-refractivity contribution is 0.0529. The molecule has 0 saturated heterocycles. The Balaban J connectivity index is 3.23. The van der Waals surface area contributed by atoms with Crippen molar-refractivity contribution in [3.05, 3.63) is 36.5 Å². The van der Waals surface area contributed by atoms with Crippen molar-refractivity contribution in [3.8, 4) is 0 Å². The van der Waals surface area contributed by atoms with E-state index in [0.717, 1.165) is 32.1 Å². The zero-order valence-electron chi connectivity index (χ0n) is 29.8. The van der Waals surface area contributed by atoms with Gasteiger partial charge in [0.1, 0.15) is 0 Å². The largest absolute Gasteiger partial charge is 0.508 e. The quantitative estimate of drug-likeness (QED) is 0.0404. The van der Waals surface area contributed by atoms with E-state index in [-0.39, 0.29) is 0 Å². The maximum Gasteiger partial charge on any atom is 0.508 e. The van der Waals surface area contributed by atoms with E-state index in [2.05, 4.69) is 50.3 Å². The van der Waals surface area contributed by atoms with Crippen molar-refractivity contribution in [1.82, 2.24) is 0 Å². The van der Waals surface area contributed by atoms with Gasteiger partial charge in [0.2, 0.25) is 0 Å². The van der Waals surface area contributed by atoms with E-state index < -0.39 is 6.16 Å². The van der Waals surface area contributed by atoms with Crippen molar-refractivity contribution < 1.29 is 14.3 Å². The minimum atomic E-state index is -0.485. The molecule has 44 heavy (non-hydrogen) atoms. The highest BCUT2D eigenvalue weighted by Gasteiger charge is 2.03. The van der Waals surface area contributed by atoms with E-state index >= 15 is 0 Å². The summed E-state index contributed by atoms with van der Waals surface area (Å²) in [6.07, 6.45) is 51.9. The van der Waals surface area contributed by atoms with Gasteiger partial charge in [0.15, 0.2) is 0 Å². The molecule has 0 rings (SSSR count). The van der Waals surface area contributed by atoms with Crippen molar-refractivity contribution in [3.63, 3.8) is 0 Å². The van der Waals surface area contributed by atoms with Crippen molar-refractivity contribution in [2.24, 2.45) is 0 Å². The van der Waals surface area contributed by atoms with Gasteiger partial charge in [-0.05, 0) is 70.6 Å². The molecule has 0 unspecified atom stereocenters. The van der Waals surface area contributed by atoms with Crippen LogP contribution in [0.5, 0.6) is 0 Å². The van der Waals surface area contributed by atoms with E-state index in [9.17, 15) is 4.79 Å². The van der Waals surface area contributed by atoms with E-state index in [0.29, 0.717) is 13.2 Å². The molecule has 0 saturated carbocycles. The fourth-order valence-electron chi connectivity index (χ4n) is 5.50. The molecule has 0 spiro atoms. The fraction of sp³-hybridized carbons (Fsp3) is 0.829.